The lowest BCUT2D eigenvalue weighted by Crippen LogP contribution is -2.43. The highest BCUT2D eigenvalue weighted by Gasteiger charge is 2.21. The Kier molecular flexibility index (Phi) is 3.59. The molecule has 10 nitrogen and oxygen atoms in total. The van der Waals surface area contributed by atoms with Gasteiger partial charge in [-0.05, 0) is 6.92 Å². The predicted molar refractivity (Wildman–Crippen MR) is 68.6 cm³/mol. The molecule has 2 aromatic heterocycles. The van der Waals surface area contributed by atoms with Crippen molar-refractivity contribution >= 4 is 28.9 Å². The van der Waals surface area contributed by atoms with Crippen LogP contribution in [-0.2, 0) is 4.79 Å². The number of anilines is 1. The molecule has 0 radical (unpaired) electrons. The molecule has 0 saturated carbocycles. The van der Waals surface area contributed by atoms with E-state index in [2.05, 4.69) is 20.3 Å². The molecule has 2 atom stereocenters. The highest BCUT2D eigenvalue weighted by Crippen LogP contribution is 2.17. The Hall–Kier alpha value is -2.59. The van der Waals surface area contributed by atoms with Crippen LogP contribution in [0.2, 0.25) is 0 Å². The van der Waals surface area contributed by atoms with Crippen molar-refractivity contribution in [2.45, 2.75) is 19.1 Å². The topological polar surface area (TPSA) is 162 Å². The Morgan fingerprint density at radius 3 is 2.70 bits per heavy atom. The van der Waals surface area contributed by atoms with E-state index >= 15 is 0 Å². The summed E-state index contributed by atoms with van der Waals surface area (Å²) in [6.07, 6.45) is 1.30. The van der Waals surface area contributed by atoms with Crippen molar-refractivity contribution < 1.29 is 14.7 Å². The Bertz CT molecular complexity index is 666. The van der Waals surface area contributed by atoms with Crippen LogP contribution >= 0.6 is 0 Å². The fraction of sp³-hybridized carbons (Fsp3) is 0.300. The Morgan fingerprint density at radius 1 is 1.40 bits per heavy atom. The fourth-order valence-corrected chi connectivity index (χ4v) is 1.51. The van der Waals surface area contributed by atoms with E-state index in [4.69, 9.17) is 11.5 Å². The minimum Gasteiger partial charge on any atom is -0.391 e. The van der Waals surface area contributed by atoms with Crippen LogP contribution in [0.25, 0.3) is 11.2 Å². The molecule has 0 bridgehead atoms. The molecule has 0 aliphatic heterocycles. The molecule has 0 aromatic carbocycles. The molecule has 0 aliphatic carbocycles. The number of hydrogen-bond donors (Lipinski definition) is 4. The first-order valence-electron chi connectivity index (χ1n) is 5.64. The molecule has 2 aromatic rings. The van der Waals surface area contributed by atoms with Crippen molar-refractivity contribution in [2.24, 2.45) is 11.5 Å². The van der Waals surface area contributed by atoms with Gasteiger partial charge in [-0.1, -0.05) is 0 Å². The number of aromatic nitrogens is 4. The largest absolute Gasteiger partial charge is 0.391 e. The van der Waals surface area contributed by atoms with Crippen LogP contribution in [0.5, 0.6) is 0 Å². The van der Waals surface area contributed by atoms with Crippen LogP contribution in [0.4, 0.5) is 10.6 Å². The monoisotopic (exact) mass is 279 g/mol. The lowest BCUT2D eigenvalue weighted by atomic mass is 10.2. The zero-order valence-electron chi connectivity index (χ0n) is 10.5. The summed E-state index contributed by atoms with van der Waals surface area (Å²) in [4.78, 5) is 34.5. The van der Waals surface area contributed by atoms with Gasteiger partial charge in [0.05, 0.1) is 6.10 Å². The highest BCUT2D eigenvalue weighted by atomic mass is 16.3. The first-order valence-corrected chi connectivity index (χ1v) is 5.64. The number of nitrogens with one attached hydrogen (secondary N) is 1. The molecule has 2 heterocycles. The number of hydrogen-bond acceptors (Lipinski definition) is 7. The minimum absolute atomic E-state index is 0.0797. The van der Waals surface area contributed by atoms with Crippen LogP contribution < -0.4 is 16.8 Å². The quantitative estimate of drug-likeness (QED) is 0.525. The molecule has 0 spiro atoms. The molecule has 2 rings (SSSR count). The standard InChI is InChI=1S/C10H13N7O3/c1-4(18)5(11)9(19)16-7-6-8(14-2-13-7)17(3-15-6)10(12)20/h2-5,18H,11H2,1H3,(H2,12,20)(H,13,14,16,19)/t4-,5+/m1/s1. The van der Waals surface area contributed by atoms with Crippen molar-refractivity contribution in [3.63, 3.8) is 0 Å². The molecule has 20 heavy (non-hydrogen) atoms. The van der Waals surface area contributed by atoms with E-state index < -0.39 is 24.1 Å². The molecule has 0 aliphatic rings. The van der Waals surface area contributed by atoms with E-state index in [-0.39, 0.29) is 17.0 Å². The maximum atomic E-state index is 11.8. The number of imidazole rings is 1. The maximum Gasteiger partial charge on any atom is 0.325 e. The number of fused-ring (bicyclic) bond motifs is 1. The van der Waals surface area contributed by atoms with Gasteiger partial charge in [-0.3, -0.25) is 4.79 Å². The second kappa shape index (κ2) is 5.19. The minimum atomic E-state index is -1.11. The summed E-state index contributed by atoms with van der Waals surface area (Å²) in [6.45, 7) is 1.39. The molecule has 0 unspecified atom stereocenters. The lowest BCUT2D eigenvalue weighted by Gasteiger charge is -2.13. The predicted octanol–water partition coefficient (Wildman–Crippen LogP) is -1.60. The molecule has 6 N–H and O–H groups in total. The lowest BCUT2D eigenvalue weighted by molar-refractivity contribution is -0.119. The number of amides is 2. The number of aliphatic hydroxyl groups is 1. The van der Waals surface area contributed by atoms with Gasteiger partial charge < -0.3 is 21.9 Å². The smallest absolute Gasteiger partial charge is 0.325 e. The van der Waals surface area contributed by atoms with Crippen LogP contribution in [0.3, 0.4) is 0 Å². The third-order valence-corrected chi connectivity index (χ3v) is 2.63. The molecule has 106 valence electrons. The summed E-state index contributed by atoms with van der Waals surface area (Å²) in [6, 6.07) is -1.87. The Morgan fingerprint density at radius 2 is 2.10 bits per heavy atom. The van der Waals surface area contributed by atoms with Crippen molar-refractivity contribution in [3.8, 4) is 0 Å². The fourth-order valence-electron chi connectivity index (χ4n) is 1.51. The number of nitrogens with zero attached hydrogens (tertiary/aromatic N) is 4. The average molecular weight is 279 g/mol. The van der Waals surface area contributed by atoms with E-state index in [0.29, 0.717) is 0 Å². The van der Waals surface area contributed by atoms with Gasteiger partial charge in [0.15, 0.2) is 17.0 Å². The Balaban J connectivity index is 2.36. The molecule has 2 amide bonds. The van der Waals surface area contributed by atoms with Gasteiger partial charge in [0.2, 0.25) is 5.91 Å². The van der Waals surface area contributed by atoms with E-state index in [1.165, 1.54) is 13.3 Å². The molecule has 10 heteroatoms. The zero-order chi connectivity index (χ0) is 14.9. The summed E-state index contributed by atoms with van der Waals surface area (Å²) in [5, 5.41) is 11.7. The molecule has 0 fully saturated rings. The van der Waals surface area contributed by atoms with Crippen molar-refractivity contribution in [3.05, 3.63) is 12.7 Å². The summed E-state index contributed by atoms with van der Waals surface area (Å²) in [5.41, 5.74) is 11.0. The first kappa shape index (κ1) is 13.8. The maximum absolute atomic E-state index is 11.8. The van der Waals surface area contributed by atoms with Gasteiger partial charge in [0, 0.05) is 0 Å². The van der Waals surface area contributed by atoms with Crippen LogP contribution in [0, 0.1) is 0 Å². The summed E-state index contributed by atoms with van der Waals surface area (Å²) < 4.78 is 1.02. The number of carbonyl (C=O) groups is 2. The summed E-state index contributed by atoms with van der Waals surface area (Å²) >= 11 is 0. The third kappa shape index (κ3) is 2.41. The van der Waals surface area contributed by atoms with Crippen molar-refractivity contribution in [1.82, 2.24) is 19.5 Å². The zero-order valence-corrected chi connectivity index (χ0v) is 10.5. The highest BCUT2D eigenvalue weighted by molar-refractivity contribution is 6.00. The van der Waals surface area contributed by atoms with Crippen LogP contribution in [0.15, 0.2) is 12.7 Å². The Labute approximate surface area is 112 Å². The van der Waals surface area contributed by atoms with E-state index in [1.54, 1.807) is 0 Å². The van der Waals surface area contributed by atoms with Crippen LogP contribution in [0.1, 0.15) is 6.92 Å². The van der Waals surface area contributed by atoms with E-state index in [9.17, 15) is 14.7 Å². The normalized spacial score (nSPS) is 13.9. The number of primary amides is 1. The summed E-state index contributed by atoms with van der Waals surface area (Å²) in [5.74, 6) is -0.551. The number of nitrogens with two attached hydrogens (primary N) is 2. The van der Waals surface area contributed by atoms with Gasteiger partial charge >= 0.3 is 6.03 Å². The van der Waals surface area contributed by atoms with Crippen molar-refractivity contribution in [1.29, 1.82) is 0 Å². The summed E-state index contributed by atoms with van der Waals surface area (Å²) in [7, 11) is 0. The van der Waals surface area contributed by atoms with Crippen molar-refractivity contribution in [2.75, 3.05) is 5.32 Å². The second-order valence-corrected chi connectivity index (χ2v) is 4.10. The van der Waals surface area contributed by atoms with Gasteiger partial charge in [0.1, 0.15) is 18.7 Å². The SMILES string of the molecule is C[C@@H](O)[C@H](N)C(=O)Nc1ncnc2c1ncn2C(N)=O. The molecule has 0 saturated heterocycles. The average Bonchev–Trinajstić information content (AvgIpc) is 2.82. The van der Waals surface area contributed by atoms with Gasteiger partial charge in [-0.2, -0.15) is 0 Å². The van der Waals surface area contributed by atoms with Gasteiger partial charge in [-0.15, -0.1) is 0 Å². The second-order valence-electron chi connectivity index (χ2n) is 4.10. The van der Waals surface area contributed by atoms with E-state index in [1.807, 2.05) is 0 Å². The number of rotatable bonds is 3. The number of carbonyl (C=O) groups excluding carboxylic acids is 2. The van der Waals surface area contributed by atoms with Gasteiger partial charge in [0.25, 0.3) is 0 Å². The molecular weight excluding hydrogens is 266 g/mol. The number of aliphatic hydroxyl groups excluding tert-OH is 1. The third-order valence-electron chi connectivity index (χ3n) is 2.63. The van der Waals surface area contributed by atoms with Crippen LogP contribution in [-0.4, -0.2) is 48.7 Å². The van der Waals surface area contributed by atoms with Gasteiger partial charge in [-0.25, -0.2) is 24.3 Å². The van der Waals surface area contributed by atoms with E-state index in [0.717, 1.165) is 10.9 Å². The molecular formula is C10H13N7O3. The first-order chi connectivity index (χ1) is 9.41.